The summed E-state index contributed by atoms with van der Waals surface area (Å²) >= 11 is 0. The Morgan fingerprint density at radius 3 is 2.60 bits per heavy atom. The first-order valence-electron chi connectivity index (χ1n) is 8.19. The lowest BCUT2D eigenvalue weighted by atomic mass is 10.0. The fourth-order valence-electron chi connectivity index (χ4n) is 3.79. The molecule has 0 aromatic rings. The first kappa shape index (κ1) is 14.3. The number of aliphatic hydroxyl groups excluding tert-OH is 1. The number of nitrogens with zero attached hydrogens (tertiary/aromatic N) is 2. The highest BCUT2D eigenvalue weighted by molar-refractivity contribution is 5.82. The molecule has 2 heterocycles. The summed E-state index contributed by atoms with van der Waals surface area (Å²) in [7, 11) is 0. The highest BCUT2D eigenvalue weighted by atomic mass is 16.3. The van der Waals surface area contributed by atoms with Crippen molar-refractivity contribution in [3.63, 3.8) is 0 Å². The van der Waals surface area contributed by atoms with Crippen LogP contribution in [0.3, 0.4) is 0 Å². The summed E-state index contributed by atoms with van der Waals surface area (Å²) in [5.74, 6) is 0.276. The lowest BCUT2D eigenvalue weighted by Gasteiger charge is -2.37. The van der Waals surface area contributed by atoms with Crippen LogP contribution < -0.4 is 5.32 Å². The van der Waals surface area contributed by atoms with Crippen molar-refractivity contribution < 1.29 is 9.90 Å². The molecule has 2 saturated heterocycles. The van der Waals surface area contributed by atoms with Crippen LogP contribution in [0.1, 0.15) is 38.5 Å². The Labute approximate surface area is 121 Å². The molecule has 20 heavy (non-hydrogen) atoms. The van der Waals surface area contributed by atoms with Crippen LogP contribution in [-0.2, 0) is 4.79 Å². The van der Waals surface area contributed by atoms with Gasteiger partial charge in [0.2, 0.25) is 5.91 Å². The molecular weight excluding hydrogens is 254 g/mol. The van der Waals surface area contributed by atoms with Crippen molar-refractivity contribution in [1.82, 2.24) is 15.1 Å². The van der Waals surface area contributed by atoms with E-state index in [2.05, 4.69) is 10.2 Å². The molecule has 1 amide bonds. The molecule has 0 radical (unpaired) electrons. The molecule has 114 valence electrons. The maximum atomic E-state index is 12.8. The van der Waals surface area contributed by atoms with E-state index in [0.717, 1.165) is 58.2 Å². The van der Waals surface area contributed by atoms with E-state index in [1.165, 1.54) is 0 Å². The molecule has 0 aromatic heterocycles. The maximum absolute atomic E-state index is 12.8. The van der Waals surface area contributed by atoms with Crippen LogP contribution >= 0.6 is 0 Å². The molecule has 5 heteroatoms. The monoisotopic (exact) mass is 281 g/mol. The Hall–Kier alpha value is -0.650. The van der Waals surface area contributed by atoms with Crippen LogP contribution in [0.25, 0.3) is 0 Å². The minimum atomic E-state index is 0.0743. The van der Waals surface area contributed by atoms with Crippen LogP contribution in [0.15, 0.2) is 0 Å². The zero-order valence-electron chi connectivity index (χ0n) is 12.3. The Kier molecular flexibility index (Phi) is 4.58. The maximum Gasteiger partial charge on any atom is 0.240 e. The predicted molar refractivity (Wildman–Crippen MR) is 77.4 cm³/mol. The van der Waals surface area contributed by atoms with Gasteiger partial charge in [0, 0.05) is 18.6 Å². The van der Waals surface area contributed by atoms with Crippen molar-refractivity contribution >= 4 is 5.91 Å². The lowest BCUT2D eigenvalue weighted by Crippen LogP contribution is -2.52. The molecule has 0 aromatic carbocycles. The molecule has 2 N–H and O–H groups in total. The Morgan fingerprint density at radius 2 is 1.95 bits per heavy atom. The molecule has 0 bridgehead atoms. The van der Waals surface area contributed by atoms with Crippen molar-refractivity contribution in [3.05, 3.63) is 0 Å². The SMILES string of the molecule is O=C(C1CCCN1C1CCNCC1)N(CCO)C1CC1. The van der Waals surface area contributed by atoms with E-state index < -0.39 is 0 Å². The number of aliphatic hydroxyl groups is 1. The van der Waals surface area contributed by atoms with Gasteiger partial charge in [-0.3, -0.25) is 9.69 Å². The summed E-state index contributed by atoms with van der Waals surface area (Å²) in [6.45, 7) is 3.82. The van der Waals surface area contributed by atoms with E-state index in [-0.39, 0.29) is 18.6 Å². The number of hydrogen-bond donors (Lipinski definition) is 2. The number of rotatable bonds is 5. The molecule has 1 unspecified atom stereocenters. The molecule has 2 aliphatic heterocycles. The summed E-state index contributed by atoms with van der Waals surface area (Å²) in [5, 5.41) is 12.6. The highest BCUT2D eigenvalue weighted by Crippen LogP contribution is 2.31. The zero-order chi connectivity index (χ0) is 13.9. The molecule has 3 aliphatic rings. The number of piperidine rings is 1. The Bertz CT molecular complexity index is 340. The molecule has 1 aliphatic carbocycles. The minimum Gasteiger partial charge on any atom is -0.395 e. The summed E-state index contributed by atoms with van der Waals surface area (Å²) < 4.78 is 0. The molecule has 1 atom stereocenters. The van der Waals surface area contributed by atoms with E-state index in [4.69, 9.17) is 0 Å². The van der Waals surface area contributed by atoms with E-state index in [1.807, 2.05) is 4.90 Å². The van der Waals surface area contributed by atoms with Crippen LogP contribution in [0.2, 0.25) is 0 Å². The van der Waals surface area contributed by atoms with Crippen LogP contribution in [0.5, 0.6) is 0 Å². The van der Waals surface area contributed by atoms with E-state index in [1.54, 1.807) is 0 Å². The quantitative estimate of drug-likeness (QED) is 0.755. The highest BCUT2D eigenvalue weighted by Gasteiger charge is 2.41. The second-order valence-corrected chi connectivity index (χ2v) is 6.36. The third-order valence-corrected chi connectivity index (χ3v) is 4.97. The van der Waals surface area contributed by atoms with E-state index in [0.29, 0.717) is 18.6 Å². The Balaban J connectivity index is 1.65. The summed E-state index contributed by atoms with van der Waals surface area (Å²) in [4.78, 5) is 17.2. The number of amides is 1. The zero-order valence-corrected chi connectivity index (χ0v) is 12.3. The molecule has 3 rings (SSSR count). The van der Waals surface area contributed by atoms with Gasteiger partial charge >= 0.3 is 0 Å². The second kappa shape index (κ2) is 6.41. The van der Waals surface area contributed by atoms with Crippen LogP contribution in [0.4, 0.5) is 0 Å². The molecule has 1 saturated carbocycles. The van der Waals surface area contributed by atoms with Gasteiger partial charge in [0.25, 0.3) is 0 Å². The first-order valence-corrected chi connectivity index (χ1v) is 8.19. The van der Waals surface area contributed by atoms with Gasteiger partial charge in [-0.15, -0.1) is 0 Å². The fraction of sp³-hybridized carbons (Fsp3) is 0.933. The van der Waals surface area contributed by atoms with Gasteiger partial charge in [0.05, 0.1) is 12.6 Å². The van der Waals surface area contributed by atoms with Crippen molar-refractivity contribution in [2.24, 2.45) is 0 Å². The van der Waals surface area contributed by atoms with Gasteiger partial charge in [0.15, 0.2) is 0 Å². The van der Waals surface area contributed by atoms with Crippen molar-refractivity contribution in [2.75, 3.05) is 32.8 Å². The normalized spacial score (nSPS) is 28.8. The Morgan fingerprint density at radius 1 is 1.20 bits per heavy atom. The third-order valence-electron chi connectivity index (χ3n) is 4.97. The topological polar surface area (TPSA) is 55.8 Å². The number of likely N-dealkylation sites (tertiary alicyclic amines) is 1. The standard InChI is InChI=1S/C15H27N3O2/c19-11-10-18(12-3-4-12)15(20)14-2-1-9-17(14)13-5-7-16-8-6-13/h12-14,16,19H,1-11H2. The van der Waals surface area contributed by atoms with Gasteiger partial charge in [-0.25, -0.2) is 0 Å². The van der Waals surface area contributed by atoms with Crippen molar-refractivity contribution in [1.29, 1.82) is 0 Å². The molecule has 0 spiro atoms. The number of nitrogens with one attached hydrogen (secondary N) is 1. The van der Waals surface area contributed by atoms with E-state index >= 15 is 0 Å². The average molecular weight is 281 g/mol. The summed E-state index contributed by atoms with van der Waals surface area (Å²) in [6.07, 6.45) is 6.69. The van der Waals surface area contributed by atoms with Crippen LogP contribution in [0, 0.1) is 0 Å². The largest absolute Gasteiger partial charge is 0.395 e. The van der Waals surface area contributed by atoms with E-state index in [9.17, 15) is 9.90 Å². The van der Waals surface area contributed by atoms with Crippen molar-refractivity contribution in [3.8, 4) is 0 Å². The smallest absolute Gasteiger partial charge is 0.240 e. The van der Waals surface area contributed by atoms with Crippen LogP contribution in [-0.4, -0.2) is 71.7 Å². The number of carbonyl (C=O) groups is 1. The number of carbonyl (C=O) groups excluding carboxylic acids is 1. The average Bonchev–Trinajstić information content (AvgIpc) is 3.20. The first-order chi connectivity index (χ1) is 9.81. The summed E-state index contributed by atoms with van der Waals surface area (Å²) in [5.41, 5.74) is 0. The fourth-order valence-corrected chi connectivity index (χ4v) is 3.79. The van der Waals surface area contributed by atoms with Gasteiger partial charge in [-0.1, -0.05) is 0 Å². The second-order valence-electron chi connectivity index (χ2n) is 6.36. The molecule has 5 nitrogen and oxygen atoms in total. The molecular formula is C15H27N3O2. The number of hydrogen-bond acceptors (Lipinski definition) is 4. The predicted octanol–water partition coefficient (Wildman–Crippen LogP) is 0.186. The third kappa shape index (κ3) is 3.00. The van der Waals surface area contributed by atoms with Gasteiger partial charge in [0.1, 0.15) is 0 Å². The summed E-state index contributed by atoms with van der Waals surface area (Å²) in [6, 6.07) is 1.05. The molecule has 3 fully saturated rings. The van der Waals surface area contributed by atoms with Gasteiger partial charge < -0.3 is 15.3 Å². The van der Waals surface area contributed by atoms with Gasteiger partial charge in [-0.05, 0) is 58.2 Å². The van der Waals surface area contributed by atoms with Crippen molar-refractivity contribution in [2.45, 2.75) is 56.7 Å². The minimum absolute atomic E-state index is 0.0743. The van der Waals surface area contributed by atoms with Gasteiger partial charge in [-0.2, -0.15) is 0 Å². The lowest BCUT2D eigenvalue weighted by molar-refractivity contribution is -0.138.